The van der Waals surface area contributed by atoms with Crippen LogP contribution in [-0.2, 0) is 11.2 Å². The Labute approximate surface area is 207 Å². The van der Waals surface area contributed by atoms with Crippen LogP contribution in [0.1, 0.15) is 36.3 Å². The van der Waals surface area contributed by atoms with Crippen LogP contribution in [0.4, 0.5) is 4.39 Å². The Morgan fingerprint density at radius 2 is 1.94 bits per heavy atom. The van der Waals surface area contributed by atoms with E-state index in [9.17, 15) is 24.2 Å². The number of aliphatic hydroxyl groups excluding tert-OH is 1. The molecule has 10 heteroatoms. The number of aromatic amines is 1. The normalized spacial score (nSPS) is 13.6. The number of nitrogens with one attached hydrogen (secondary N) is 2. The molecule has 35 heavy (non-hydrogen) atoms. The van der Waals surface area contributed by atoms with Gasteiger partial charge < -0.3 is 20.3 Å². The molecule has 1 heterocycles. The van der Waals surface area contributed by atoms with Gasteiger partial charge in [0.2, 0.25) is 5.88 Å². The lowest BCUT2D eigenvalue weighted by atomic mass is 9.82. The van der Waals surface area contributed by atoms with Crippen molar-refractivity contribution in [3.63, 3.8) is 0 Å². The maximum Gasteiger partial charge on any atom is 0.311 e. The molecule has 2 atom stereocenters. The first-order valence-electron chi connectivity index (χ1n) is 11.0. The molecule has 0 saturated carbocycles. The highest BCUT2D eigenvalue weighted by atomic mass is 35.5. The van der Waals surface area contributed by atoms with E-state index in [0.717, 1.165) is 5.56 Å². The largest absolute Gasteiger partial charge is 0.481 e. The molecule has 0 fully saturated rings. The summed E-state index contributed by atoms with van der Waals surface area (Å²) in [6, 6.07) is 12.1. The van der Waals surface area contributed by atoms with Crippen LogP contribution in [0.3, 0.4) is 0 Å². The molecule has 1 amide bonds. The van der Waals surface area contributed by atoms with Crippen molar-refractivity contribution in [2.24, 2.45) is 5.41 Å². The van der Waals surface area contributed by atoms with E-state index < -0.39 is 35.8 Å². The second-order valence-electron chi connectivity index (χ2n) is 8.47. The predicted octanol–water partition coefficient (Wildman–Crippen LogP) is 4.08. The van der Waals surface area contributed by atoms with Crippen molar-refractivity contribution in [2.45, 2.75) is 32.7 Å². The lowest BCUT2D eigenvalue weighted by Gasteiger charge is -2.28. The van der Waals surface area contributed by atoms with E-state index in [1.807, 2.05) is 0 Å². The van der Waals surface area contributed by atoms with Gasteiger partial charge in [-0.05, 0) is 56.0 Å². The molecule has 0 aliphatic rings. The summed E-state index contributed by atoms with van der Waals surface area (Å²) < 4.78 is 19.5. The van der Waals surface area contributed by atoms with Crippen molar-refractivity contribution in [1.29, 1.82) is 0 Å². The quantitative estimate of drug-likeness (QED) is 0.312. The van der Waals surface area contributed by atoms with E-state index in [2.05, 4.69) is 15.5 Å². The molecular formula is C25H27ClFN3O5. The molecule has 0 aliphatic heterocycles. The third-order valence-corrected chi connectivity index (χ3v) is 5.89. The number of benzene rings is 2. The monoisotopic (exact) mass is 503 g/mol. The second kappa shape index (κ2) is 11.3. The molecule has 0 saturated heterocycles. The lowest BCUT2D eigenvalue weighted by Crippen LogP contribution is -2.44. The van der Waals surface area contributed by atoms with Crippen LogP contribution in [0.5, 0.6) is 5.88 Å². The number of halogens is 2. The van der Waals surface area contributed by atoms with Crippen LogP contribution in [0, 0.1) is 11.2 Å². The number of carbonyl (C=O) groups excluding carboxylic acids is 1. The van der Waals surface area contributed by atoms with Crippen molar-refractivity contribution in [1.82, 2.24) is 15.5 Å². The van der Waals surface area contributed by atoms with Crippen molar-refractivity contribution >= 4 is 23.5 Å². The van der Waals surface area contributed by atoms with Gasteiger partial charge in [0.1, 0.15) is 5.82 Å². The lowest BCUT2D eigenvalue weighted by molar-refractivity contribution is -0.151. The van der Waals surface area contributed by atoms with Gasteiger partial charge in [0.15, 0.2) is 5.69 Å². The van der Waals surface area contributed by atoms with E-state index in [1.54, 1.807) is 31.2 Å². The maximum atomic E-state index is 14.2. The van der Waals surface area contributed by atoms with Gasteiger partial charge >= 0.3 is 5.97 Å². The van der Waals surface area contributed by atoms with Gasteiger partial charge in [0, 0.05) is 22.7 Å². The van der Waals surface area contributed by atoms with Crippen molar-refractivity contribution in [3.8, 4) is 17.0 Å². The van der Waals surface area contributed by atoms with E-state index >= 15 is 0 Å². The van der Waals surface area contributed by atoms with Crippen molar-refractivity contribution in [3.05, 3.63) is 70.6 Å². The molecule has 0 spiro atoms. The number of aliphatic carboxylic acids is 1. The number of ether oxygens (including phenoxy) is 1. The zero-order valence-electron chi connectivity index (χ0n) is 19.3. The molecule has 0 bridgehead atoms. The molecule has 0 aliphatic carbocycles. The Morgan fingerprint density at radius 1 is 1.23 bits per heavy atom. The fourth-order valence-electron chi connectivity index (χ4n) is 3.67. The summed E-state index contributed by atoms with van der Waals surface area (Å²) in [7, 11) is 0. The number of carboxylic acid groups (broad SMARTS) is 1. The summed E-state index contributed by atoms with van der Waals surface area (Å²) in [5.74, 6) is -1.76. The predicted molar refractivity (Wildman–Crippen MR) is 129 cm³/mol. The first-order valence-corrected chi connectivity index (χ1v) is 11.4. The van der Waals surface area contributed by atoms with Crippen LogP contribution in [0.25, 0.3) is 11.1 Å². The van der Waals surface area contributed by atoms with Gasteiger partial charge in [0.05, 0.1) is 18.6 Å². The standard InChI is InChI=1S/C25H27ClFN3O5/c1-3-35-22-12-21(29-30-22)23(32)28-18(13-25(2,14-31)24(33)34)10-15-4-6-16(7-5-15)19-11-17(26)8-9-20(19)27/h4-9,11-12,18,31H,3,10,13-14H2,1-2H3,(H,28,32)(H,29,30)(H,33,34)/t18-,25?/m1/s1. The minimum atomic E-state index is -1.47. The van der Waals surface area contributed by atoms with Crippen molar-refractivity contribution < 1.29 is 28.9 Å². The third-order valence-electron chi connectivity index (χ3n) is 5.66. The average Bonchev–Trinajstić information content (AvgIpc) is 3.30. The summed E-state index contributed by atoms with van der Waals surface area (Å²) in [6.45, 7) is 3.01. The summed E-state index contributed by atoms with van der Waals surface area (Å²) in [5.41, 5.74) is 0.385. The third kappa shape index (κ3) is 6.58. The Balaban J connectivity index is 1.82. The topological polar surface area (TPSA) is 125 Å². The number of hydrogen-bond acceptors (Lipinski definition) is 5. The number of hydrogen-bond donors (Lipinski definition) is 4. The second-order valence-corrected chi connectivity index (χ2v) is 8.91. The molecule has 3 rings (SSSR count). The van der Waals surface area contributed by atoms with Gasteiger partial charge in [-0.2, -0.15) is 5.10 Å². The minimum absolute atomic E-state index is 0.0298. The molecule has 1 unspecified atom stereocenters. The molecule has 1 aromatic heterocycles. The molecule has 8 nitrogen and oxygen atoms in total. The summed E-state index contributed by atoms with van der Waals surface area (Å²) in [4.78, 5) is 24.6. The Kier molecular flexibility index (Phi) is 8.48. The molecule has 0 radical (unpaired) electrons. The molecule has 3 aromatic rings. The number of aliphatic hydroxyl groups is 1. The van der Waals surface area contributed by atoms with Crippen LogP contribution < -0.4 is 10.1 Å². The van der Waals surface area contributed by atoms with E-state index in [4.69, 9.17) is 16.3 Å². The molecule has 2 aromatic carbocycles. The zero-order chi connectivity index (χ0) is 25.6. The number of rotatable bonds is 11. The fourth-order valence-corrected chi connectivity index (χ4v) is 3.84. The number of carboxylic acids is 1. The number of H-pyrrole nitrogens is 1. The van der Waals surface area contributed by atoms with Gasteiger partial charge in [-0.25, -0.2) is 9.49 Å². The van der Waals surface area contributed by atoms with Crippen molar-refractivity contribution in [2.75, 3.05) is 13.2 Å². The van der Waals surface area contributed by atoms with Gasteiger partial charge in [0.25, 0.3) is 5.91 Å². The number of nitrogens with zero attached hydrogens (tertiary/aromatic N) is 1. The van der Waals surface area contributed by atoms with E-state index in [0.29, 0.717) is 28.6 Å². The first kappa shape index (κ1) is 26.2. The number of aromatic nitrogens is 2. The fraction of sp³-hybridized carbons (Fsp3) is 0.320. The number of amides is 1. The molecule has 186 valence electrons. The minimum Gasteiger partial charge on any atom is -0.481 e. The van der Waals surface area contributed by atoms with E-state index in [1.165, 1.54) is 31.2 Å². The van der Waals surface area contributed by atoms with Gasteiger partial charge in [-0.15, -0.1) is 0 Å². The highest BCUT2D eigenvalue weighted by Crippen LogP contribution is 2.28. The molecule has 4 N–H and O–H groups in total. The van der Waals surface area contributed by atoms with Gasteiger partial charge in [-0.1, -0.05) is 35.9 Å². The Morgan fingerprint density at radius 3 is 2.57 bits per heavy atom. The number of carbonyl (C=O) groups is 2. The van der Waals surface area contributed by atoms with Crippen LogP contribution >= 0.6 is 11.6 Å². The molecular weight excluding hydrogens is 477 g/mol. The highest BCUT2D eigenvalue weighted by Gasteiger charge is 2.36. The zero-order valence-corrected chi connectivity index (χ0v) is 20.1. The highest BCUT2D eigenvalue weighted by molar-refractivity contribution is 6.30. The maximum absolute atomic E-state index is 14.2. The average molecular weight is 504 g/mol. The first-order chi connectivity index (χ1) is 16.6. The SMILES string of the molecule is CCOc1cc(C(=O)N[C@H](Cc2ccc(-c3cc(Cl)ccc3F)cc2)CC(C)(CO)C(=O)O)n[nH]1. The van der Waals surface area contributed by atoms with Gasteiger partial charge in [-0.3, -0.25) is 9.59 Å². The van der Waals surface area contributed by atoms with Crippen LogP contribution in [0.2, 0.25) is 5.02 Å². The van der Waals surface area contributed by atoms with Crippen LogP contribution in [-0.4, -0.2) is 51.5 Å². The van der Waals surface area contributed by atoms with E-state index in [-0.39, 0.29) is 18.5 Å². The summed E-state index contributed by atoms with van der Waals surface area (Å²) in [6.07, 6.45) is 0.244. The Hall–Kier alpha value is -3.43. The summed E-state index contributed by atoms with van der Waals surface area (Å²) in [5, 5.41) is 29.1. The summed E-state index contributed by atoms with van der Waals surface area (Å²) >= 11 is 6.00. The Bertz CT molecular complexity index is 1180. The smallest absolute Gasteiger partial charge is 0.311 e. The van der Waals surface area contributed by atoms with Crippen LogP contribution in [0.15, 0.2) is 48.5 Å².